The maximum Gasteiger partial charge on any atom is 0.255 e. The molecule has 0 spiro atoms. The number of nitrogens with one attached hydrogen (secondary N) is 1. The van der Waals surface area contributed by atoms with Crippen LogP contribution >= 0.6 is 11.6 Å². The summed E-state index contributed by atoms with van der Waals surface area (Å²) in [7, 11) is 5.50. The second-order valence-corrected chi connectivity index (χ2v) is 7.18. The first kappa shape index (κ1) is 20.8. The van der Waals surface area contributed by atoms with Crippen molar-refractivity contribution < 1.29 is 9.53 Å². The van der Waals surface area contributed by atoms with Crippen LogP contribution < -0.4 is 10.1 Å². The van der Waals surface area contributed by atoms with Gasteiger partial charge in [0.05, 0.1) is 23.4 Å². The van der Waals surface area contributed by atoms with E-state index in [-0.39, 0.29) is 11.9 Å². The van der Waals surface area contributed by atoms with Crippen molar-refractivity contribution in [2.75, 3.05) is 27.7 Å². The lowest BCUT2D eigenvalue weighted by Crippen LogP contribution is -2.41. The molecule has 0 saturated heterocycles. The number of amides is 1. The molecule has 0 radical (unpaired) electrons. The zero-order chi connectivity index (χ0) is 20.8. The van der Waals surface area contributed by atoms with Gasteiger partial charge in [0.15, 0.2) is 0 Å². The third-order valence-corrected chi connectivity index (χ3v) is 4.95. The Labute approximate surface area is 174 Å². The number of likely N-dealkylation sites (N-methyl/N-ethyl adjacent to an activating group) is 1. The maximum absolute atomic E-state index is 12.8. The maximum atomic E-state index is 12.8. The van der Waals surface area contributed by atoms with E-state index in [0.717, 1.165) is 6.42 Å². The van der Waals surface area contributed by atoms with Crippen LogP contribution in [0.25, 0.3) is 5.69 Å². The number of methoxy groups -OCH3 is 1. The first-order valence-electron chi connectivity index (χ1n) is 9.09. The van der Waals surface area contributed by atoms with E-state index in [4.69, 9.17) is 16.3 Å². The van der Waals surface area contributed by atoms with Crippen LogP contribution in [-0.4, -0.2) is 64.8 Å². The predicted octanol–water partition coefficient (Wildman–Crippen LogP) is 2.23. The van der Waals surface area contributed by atoms with Gasteiger partial charge in [-0.1, -0.05) is 41.9 Å². The molecule has 1 heterocycles. The van der Waals surface area contributed by atoms with Crippen molar-refractivity contribution in [2.24, 2.45) is 0 Å². The van der Waals surface area contributed by atoms with Crippen molar-refractivity contribution in [3.05, 3.63) is 64.9 Å². The Kier molecular flexibility index (Phi) is 6.79. The zero-order valence-corrected chi connectivity index (χ0v) is 17.3. The number of hydrogen-bond acceptors (Lipinski definition) is 6. The van der Waals surface area contributed by atoms with Gasteiger partial charge < -0.3 is 15.0 Å². The normalized spacial score (nSPS) is 12.0. The van der Waals surface area contributed by atoms with Crippen LogP contribution in [-0.2, 0) is 6.42 Å². The molecule has 1 N–H and O–H groups in total. The molecule has 152 valence electrons. The quantitative estimate of drug-likeness (QED) is 0.608. The Bertz CT molecular complexity index is 947. The SMILES string of the molecule is COc1cc(-n2cnnn2)c(Cl)cc1C(=O)NCC(Cc1ccccc1)N(C)C. The monoisotopic (exact) mass is 414 g/mol. The first-order chi connectivity index (χ1) is 14.0. The van der Waals surface area contributed by atoms with Crippen molar-refractivity contribution in [1.82, 2.24) is 30.4 Å². The molecule has 2 aromatic carbocycles. The highest BCUT2D eigenvalue weighted by molar-refractivity contribution is 6.33. The summed E-state index contributed by atoms with van der Waals surface area (Å²) in [6.45, 7) is 0.482. The van der Waals surface area contributed by atoms with Crippen LogP contribution in [0, 0.1) is 0 Å². The molecule has 0 aliphatic carbocycles. The molecule has 29 heavy (non-hydrogen) atoms. The van der Waals surface area contributed by atoms with Crippen LogP contribution in [0.1, 0.15) is 15.9 Å². The van der Waals surface area contributed by atoms with Crippen LogP contribution in [0.3, 0.4) is 0 Å². The van der Waals surface area contributed by atoms with Gasteiger partial charge in [-0.25, -0.2) is 0 Å². The molecule has 9 heteroatoms. The van der Waals surface area contributed by atoms with E-state index in [2.05, 4.69) is 37.9 Å². The number of hydrogen-bond donors (Lipinski definition) is 1. The van der Waals surface area contributed by atoms with Gasteiger partial charge >= 0.3 is 0 Å². The number of rotatable bonds is 8. The van der Waals surface area contributed by atoms with Gasteiger partial charge in [0.25, 0.3) is 5.91 Å². The van der Waals surface area contributed by atoms with E-state index in [1.807, 2.05) is 32.3 Å². The highest BCUT2D eigenvalue weighted by Gasteiger charge is 2.19. The molecule has 1 atom stereocenters. The molecule has 1 unspecified atom stereocenters. The summed E-state index contributed by atoms with van der Waals surface area (Å²) in [5.41, 5.74) is 2.10. The number of carbonyl (C=O) groups excluding carboxylic acids is 1. The fourth-order valence-electron chi connectivity index (χ4n) is 2.97. The first-order valence-corrected chi connectivity index (χ1v) is 9.47. The van der Waals surface area contributed by atoms with Gasteiger partial charge in [-0.3, -0.25) is 4.79 Å². The van der Waals surface area contributed by atoms with Crippen molar-refractivity contribution in [3.8, 4) is 11.4 Å². The minimum Gasteiger partial charge on any atom is -0.496 e. The van der Waals surface area contributed by atoms with Crippen molar-refractivity contribution in [2.45, 2.75) is 12.5 Å². The fraction of sp³-hybridized carbons (Fsp3) is 0.300. The molecule has 3 rings (SSSR count). The lowest BCUT2D eigenvalue weighted by Gasteiger charge is -2.25. The van der Waals surface area contributed by atoms with Crippen molar-refractivity contribution in [1.29, 1.82) is 0 Å². The Morgan fingerprint density at radius 1 is 1.28 bits per heavy atom. The topological polar surface area (TPSA) is 85.2 Å². The average molecular weight is 415 g/mol. The number of aromatic nitrogens is 4. The third-order valence-electron chi connectivity index (χ3n) is 4.65. The minimum absolute atomic E-state index is 0.142. The predicted molar refractivity (Wildman–Crippen MR) is 111 cm³/mol. The molecule has 1 amide bonds. The molecule has 3 aromatic rings. The van der Waals surface area contributed by atoms with Gasteiger partial charge in [0.1, 0.15) is 12.1 Å². The molecule has 0 fully saturated rings. The van der Waals surface area contributed by atoms with E-state index in [1.54, 1.807) is 12.1 Å². The number of benzene rings is 2. The number of tetrazole rings is 1. The lowest BCUT2D eigenvalue weighted by atomic mass is 10.0. The van der Waals surface area contributed by atoms with Crippen LogP contribution in [0.4, 0.5) is 0 Å². The molecular formula is C20H23ClN6O2. The van der Waals surface area contributed by atoms with Gasteiger partial charge in [-0.15, -0.1) is 5.10 Å². The summed E-state index contributed by atoms with van der Waals surface area (Å²) in [6, 6.07) is 13.5. The highest BCUT2D eigenvalue weighted by atomic mass is 35.5. The Morgan fingerprint density at radius 2 is 2.03 bits per heavy atom. The van der Waals surface area contributed by atoms with Gasteiger partial charge in [-0.05, 0) is 42.6 Å². The molecule has 0 aliphatic rings. The Hall–Kier alpha value is -2.97. The van der Waals surface area contributed by atoms with E-state index in [1.165, 1.54) is 23.7 Å². The summed E-state index contributed by atoms with van der Waals surface area (Å²) in [6.07, 6.45) is 2.25. The summed E-state index contributed by atoms with van der Waals surface area (Å²) < 4.78 is 6.81. The van der Waals surface area contributed by atoms with Crippen LogP contribution in [0.15, 0.2) is 48.8 Å². The summed E-state index contributed by atoms with van der Waals surface area (Å²) in [5, 5.41) is 14.4. The highest BCUT2D eigenvalue weighted by Crippen LogP contribution is 2.29. The standard InChI is InChI=1S/C20H23ClN6O2/c1-26(2)15(9-14-7-5-4-6-8-14)12-22-20(28)16-10-17(21)18(11-19(16)29-3)27-13-23-24-25-27/h4-8,10-11,13,15H,9,12H2,1-3H3,(H,22,28). The molecular weight excluding hydrogens is 392 g/mol. The van der Waals surface area contributed by atoms with Crippen LogP contribution in [0.5, 0.6) is 5.75 Å². The summed E-state index contributed by atoms with van der Waals surface area (Å²) >= 11 is 6.35. The van der Waals surface area contributed by atoms with E-state index >= 15 is 0 Å². The van der Waals surface area contributed by atoms with Gasteiger partial charge in [0, 0.05) is 18.7 Å². The molecule has 8 nitrogen and oxygen atoms in total. The number of carbonyl (C=O) groups is 1. The summed E-state index contributed by atoms with van der Waals surface area (Å²) in [5.74, 6) is 0.133. The largest absolute Gasteiger partial charge is 0.496 e. The van der Waals surface area contributed by atoms with Crippen molar-refractivity contribution in [3.63, 3.8) is 0 Å². The van der Waals surface area contributed by atoms with Gasteiger partial charge in [0.2, 0.25) is 0 Å². The molecule has 1 aromatic heterocycles. The Morgan fingerprint density at radius 3 is 2.66 bits per heavy atom. The number of ether oxygens (including phenoxy) is 1. The minimum atomic E-state index is -0.257. The Balaban J connectivity index is 1.74. The van der Waals surface area contributed by atoms with Crippen LogP contribution in [0.2, 0.25) is 5.02 Å². The molecule has 0 bridgehead atoms. The fourth-order valence-corrected chi connectivity index (χ4v) is 3.22. The summed E-state index contributed by atoms with van der Waals surface area (Å²) in [4.78, 5) is 14.9. The second kappa shape index (κ2) is 9.49. The van der Waals surface area contributed by atoms with E-state index in [0.29, 0.717) is 28.6 Å². The smallest absolute Gasteiger partial charge is 0.255 e. The average Bonchev–Trinajstić information content (AvgIpc) is 3.25. The second-order valence-electron chi connectivity index (χ2n) is 6.78. The van der Waals surface area contributed by atoms with Crippen molar-refractivity contribution >= 4 is 17.5 Å². The lowest BCUT2D eigenvalue weighted by molar-refractivity contribution is 0.0938. The number of halogens is 1. The molecule has 0 aliphatic heterocycles. The third kappa shape index (κ3) is 5.10. The van der Waals surface area contributed by atoms with Gasteiger partial charge in [-0.2, -0.15) is 4.68 Å². The van der Waals surface area contributed by atoms with E-state index in [9.17, 15) is 4.79 Å². The number of nitrogens with zero attached hydrogens (tertiary/aromatic N) is 5. The molecule has 0 saturated carbocycles. The zero-order valence-electron chi connectivity index (χ0n) is 16.5. The van der Waals surface area contributed by atoms with E-state index < -0.39 is 0 Å².